The molecule has 1 aliphatic rings. The van der Waals surface area contributed by atoms with E-state index in [0.29, 0.717) is 0 Å². The summed E-state index contributed by atoms with van der Waals surface area (Å²) < 4.78 is 0. The summed E-state index contributed by atoms with van der Waals surface area (Å²) in [4.78, 5) is 2.50. The first kappa shape index (κ1) is 13.0. The molecule has 2 heteroatoms. The molecule has 0 aliphatic carbocycles. The topological polar surface area (TPSA) is 23.5 Å². The van der Waals surface area contributed by atoms with Crippen LogP contribution in [0.25, 0.3) is 0 Å². The second-order valence-corrected chi connectivity index (χ2v) is 5.64. The van der Waals surface area contributed by atoms with Gasteiger partial charge < -0.3 is 10.0 Å². The number of rotatable bonds is 5. The molecule has 1 heterocycles. The SMILES string of the molecule is CCCC1CCN(CCC(C)(C)O)CC1. The number of hydrogen-bond donors (Lipinski definition) is 1. The van der Waals surface area contributed by atoms with E-state index < -0.39 is 5.60 Å². The van der Waals surface area contributed by atoms with Crippen LogP contribution in [-0.2, 0) is 0 Å². The Bertz CT molecular complexity index is 166. The van der Waals surface area contributed by atoms with Crippen molar-refractivity contribution in [1.82, 2.24) is 4.90 Å². The van der Waals surface area contributed by atoms with Crippen LogP contribution < -0.4 is 0 Å². The summed E-state index contributed by atoms with van der Waals surface area (Å²) in [6.07, 6.45) is 6.35. The summed E-state index contributed by atoms with van der Waals surface area (Å²) in [5.41, 5.74) is -0.500. The lowest BCUT2D eigenvalue weighted by molar-refractivity contribution is 0.0517. The Balaban J connectivity index is 2.15. The molecular weight excluding hydrogens is 186 g/mol. The molecule has 0 aromatic rings. The first-order valence-corrected chi connectivity index (χ1v) is 6.46. The fourth-order valence-corrected chi connectivity index (χ4v) is 2.34. The van der Waals surface area contributed by atoms with Crippen molar-refractivity contribution in [3.8, 4) is 0 Å². The van der Waals surface area contributed by atoms with Crippen LogP contribution >= 0.6 is 0 Å². The quantitative estimate of drug-likeness (QED) is 0.759. The molecule has 1 fully saturated rings. The van der Waals surface area contributed by atoms with Gasteiger partial charge in [0.1, 0.15) is 0 Å². The number of piperidine rings is 1. The highest BCUT2D eigenvalue weighted by molar-refractivity contribution is 4.74. The van der Waals surface area contributed by atoms with E-state index in [-0.39, 0.29) is 0 Å². The molecule has 0 radical (unpaired) electrons. The number of aliphatic hydroxyl groups is 1. The Morgan fingerprint density at radius 2 is 1.87 bits per heavy atom. The minimum atomic E-state index is -0.500. The first-order chi connectivity index (χ1) is 7.01. The molecule has 0 aromatic heterocycles. The van der Waals surface area contributed by atoms with Gasteiger partial charge in [0.15, 0.2) is 0 Å². The summed E-state index contributed by atoms with van der Waals surface area (Å²) in [6.45, 7) is 9.61. The van der Waals surface area contributed by atoms with Crippen LogP contribution in [0.1, 0.15) is 52.9 Å². The van der Waals surface area contributed by atoms with E-state index in [4.69, 9.17) is 0 Å². The third-order valence-corrected chi connectivity index (χ3v) is 3.44. The van der Waals surface area contributed by atoms with Crippen molar-refractivity contribution in [2.45, 2.75) is 58.5 Å². The van der Waals surface area contributed by atoms with E-state index in [1.807, 2.05) is 13.8 Å². The highest BCUT2D eigenvalue weighted by Gasteiger charge is 2.20. The normalized spacial score (nSPS) is 20.8. The van der Waals surface area contributed by atoms with Gasteiger partial charge in [0.25, 0.3) is 0 Å². The van der Waals surface area contributed by atoms with Crippen LogP contribution in [0.15, 0.2) is 0 Å². The fraction of sp³-hybridized carbons (Fsp3) is 1.00. The molecular formula is C13H27NO. The van der Waals surface area contributed by atoms with Crippen molar-refractivity contribution in [1.29, 1.82) is 0 Å². The van der Waals surface area contributed by atoms with Gasteiger partial charge in [0.2, 0.25) is 0 Å². The van der Waals surface area contributed by atoms with E-state index in [0.717, 1.165) is 18.9 Å². The molecule has 0 unspecified atom stereocenters. The Morgan fingerprint density at radius 1 is 1.27 bits per heavy atom. The first-order valence-electron chi connectivity index (χ1n) is 6.46. The lowest BCUT2D eigenvalue weighted by Gasteiger charge is -2.33. The molecule has 1 rings (SSSR count). The second-order valence-electron chi connectivity index (χ2n) is 5.64. The van der Waals surface area contributed by atoms with Gasteiger partial charge in [-0.3, -0.25) is 0 Å². The summed E-state index contributed by atoms with van der Waals surface area (Å²) >= 11 is 0. The van der Waals surface area contributed by atoms with Crippen LogP contribution in [0.5, 0.6) is 0 Å². The van der Waals surface area contributed by atoms with Crippen molar-refractivity contribution >= 4 is 0 Å². The van der Waals surface area contributed by atoms with Gasteiger partial charge in [0.05, 0.1) is 5.60 Å². The molecule has 1 N–H and O–H groups in total. The molecule has 0 saturated carbocycles. The molecule has 0 atom stereocenters. The van der Waals surface area contributed by atoms with Crippen LogP contribution in [0.2, 0.25) is 0 Å². The maximum atomic E-state index is 9.66. The van der Waals surface area contributed by atoms with Crippen LogP contribution in [0.3, 0.4) is 0 Å². The Labute approximate surface area is 94.7 Å². The largest absolute Gasteiger partial charge is 0.390 e. The predicted molar refractivity (Wildman–Crippen MR) is 65.0 cm³/mol. The molecule has 90 valence electrons. The molecule has 0 spiro atoms. The summed E-state index contributed by atoms with van der Waals surface area (Å²) in [5.74, 6) is 0.966. The van der Waals surface area contributed by atoms with Crippen molar-refractivity contribution < 1.29 is 5.11 Å². The maximum Gasteiger partial charge on any atom is 0.0603 e. The summed E-state index contributed by atoms with van der Waals surface area (Å²) in [5, 5.41) is 9.66. The van der Waals surface area contributed by atoms with Crippen molar-refractivity contribution in [2.24, 2.45) is 5.92 Å². The third kappa shape index (κ3) is 5.53. The molecule has 1 saturated heterocycles. The van der Waals surface area contributed by atoms with Crippen LogP contribution in [0.4, 0.5) is 0 Å². The summed E-state index contributed by atoms with van der Waals surface area (Å²) in [6, 6.07) is 0. The van der Waals surface area contributed by atoms with Crippen LogP contribution in [-0.4, -0.2) is 35.2 Å². The molecule has 0 amide bonds. The summed E-state index contributed by atoms with van der Waals surface area (Å²) in [7, 11) is 0. The van der Waals surface area contributed by atoms with Gasteiger partial charge in [-0.25, -0.2) is 0 Å². The van der Waals surface area contributed by atoms with Gasteiger partial charge >= 0.3 is 0 Å². The standard InChI is InChI=1S/C13H27NO/c1-4-5-12-6-9-14(10-7-12)11-8-13(2,3)15/h12,15H,4-11H2,1-3H3. The van der Waals surface area contributed by atoms with Gasteiger partial charge in [-0.2, -0.15) is 0 Å². The van der Waals surface area contributed by atoms with E-state index in [1.54, 1.807) is 0 Å². The highest BCUT2D eigenvalue weighted by Crippen LogP contribution is 2.22. The average Bonchev–Trinajstić information content (AvgIpc) is 2.16. The monoisotopic (exact) mass is 213 g/mol. The van der Waals surface area contributed by atoms with Crippen molar-refractivity contribution in [3.05, 3.63) is 0 Å². The average molecular weight is 213 g/mol. The molecule has 15 heavy (non-hydrogen) atoms. The minimum Gasteiger partial charge on any atom is -0.390 e. The predicted octanol–water partition coefficient (Wildman–Crippen LogP) is 2.66. The Morgan fingerprint density at radius 3 is 2.33 bits per heavy atom. The van der Waals surface area contributed by atoms with Gasteiger partial charge in [-0.15, -0.1) is 0 Å². The number of likely N-dealkylation sites (tertiary alicyclic amines) is 1. The Hall–Kier alpha value is -0.0800. The fourth-order valence-electron chi connectivity index (χ4n) is 2.34. The van der Waals surface area contributed by atoms with E-state index >= 15 is 0 Å². The molecule has 1 aliphatic heterocycles. The maximum absolute atomic E-state index is 9.66. The third-order valence-electron chi connectivity index (χ3n) is 3.44. The van der Waals surface area contributed by atoms with E-state index in [9.17, 15) is 5.11 Å². The lowest BCUT2D eigenvalue weighted by atomic mass is 9.92. The van der Waals surface area contributed by atoms with Gasteiger partial charge in [0, 0.05) is 6.54 Å². The highest BCUT2D eigenvalue weighted by atomic mass is 16.3. The van der Waals surface area contributed by atoms with Gasteiger partial charge in [-0.1, -0.05) is 19.8 Å². The molecule has 2 nitrogen and oxygen atoms in total. The number of nitrogens with zero attached hydrogens (tertiary/aromatic N) is 1. The zero-order valence-corrected chi connectivity index (χ0v) is 10.6. The minimum absolute atomic E-state index is 0.500. The van der Waals surface area contributed by atoms with E-state index in [2.05, 4.69) is 11.8 Å². The van der Waals surface area contributed by atoms with Crippen molar-refractivity contribution in [3.63, 3.8) is 0 Å². The van der Waals surface area contributed by atoms with Crippen LogP contribution in [0, 0.1) is 5.92 Å². The Kier molecular flexibility index (Phi) is 5.07. The molecule has 0 aromatic carbocycles. The van der Waals surface area contributed by atoms with E-state index in [1.165, 1.54) is 38.8 Å². The smallest absolute Gasteiger partial charge is 0.0603 e. The molecule has 0 bridgehead atoms. The number of hydrogen-bond acceptors (Lipinski definition) is 2. The van der Waals surface area contributed by atoms with Gasteiger partial charge in [-0.05, 0) is 52.1 Å². The van der Waals surface area contributed by atoms with Crippen molar-refractivity contribution in [2.75, 3.05) is 19.6 Å². The zero-order valence-electron chi connectivity index (χ0n) is 10.6. The second kappa shape index (κ2) is 5.86. The zero-order chi connectivity index (χ0) is 11.3. The lowest BCUT2D eigenvalue weighted by Crippen LogP contribution is -2.37.